The number of carbonyl (C=O) groups excluding carboxylic acids is 1. The lowest BCUT2D eigenvalue weighted by Gasteiger charge is -2.14. The summed E-state index contributed by atoms with van der Waals surface area (Å²) in [7, 11) is 0. The van der Waals surface area contributed by atoms with Gasteiger partial charge in [-0.05, 0) is 24.0 Å². The largest absolute Gasteiger partial charge is 0.307 e. The fraction of sp³-hybridized carbons (Fsp3) is 0.273. The van der Waals surface area contributed by atoms with E-state index >= 15 is 0 Å². The second-order valence-corrected chi connectivity index (χ2v) is 8.78. The molecule has 0 aliphatic carbocycles. The summed E-state index contributed by atoms with van der Waals surface area (Å²) in [5.74, 6) is -0.0371. The highest BCUT2D eigenvalue weighted by Crippen LogP contribution is 2.28. The quantitative estimate of drug-likeness (QED) is 0.337. The van der Waals surface area contributed by atoms with E-state index in [-0.39, 0.29) is 16.7 Å². The molecule has 0 unspecified atom stereocenters. The van der Waals surface area contributed by atoms with Crippen molar-refractivity contribution < 1.29 is 9.72 Å². The van der Waals surface area contributed by atoms with E-state index in [0.29, 0.717) is 12.4 Å². The minimum atomic E-state index is -0.541. The number of aromatic nitrogens is 2. The summed E-state index contributed by atoms with van der Waals surface area (Å²) in [5.41, 5.74) is 1.44. The van der Waals surface area contributed by atoms with E-state index in [4.69, 9.17) is 0 Å². The first-order valence-corrected chi connectivity index (χ1v) is 10.7. The van der Waals surface area contributed by atoms with Crippen molar-refractivity contribution in [3.8, 4) is 0 Å². The zero-order chi connectivity index (χ0) is 21.9. The van der Waals surface area contributed by atoms with E-state index < -0.39 is 10.8 Å². The first-order valence-electron chi connectivity index (χ1n) is 9.45. The molecule has 0 aliphatic rings. The summed E-state index contributed by atoms with van der Waals surface area (Å²) in [4.78, 5) is 24.7. The van der Waals surface area contributed by atoms with E-state index in [1.165, 1.54) is 17.8 Å². The van der Waals surface area contributed by atoms with E-state index in [0.717, 1.165) is 16.2 Å². The van der Waals surface area contributed by atoms with Gasteiger partial charge in [-0.1, -0.05) is 51.1 Å². The second-order valence-electron chi connectivity index (χ2n) is 7.90. The van der Waals surface area contributed by atoms with Gasteiger partial charge in [0.2, 0.25) is 0 Å². The van der Waals surface area contributed by atoms with Crippen LogP contribution in [0.4, 0.5) is 11.5 Å². The standard InChI is InChI=1S/C22H24N4O3S/c1-22(2,3)19-13-20(25(24-19)14-15-8-6-5-7-9-15)23-21(27)17-12-16(30-4)10-11-18(17)26(28)29/h5-13H,14H2,1-4H3,(H,23,27). The number of rotatable bonds is 6. The molecule has 0 aliphatic heterocycles. The molecule has 0 atom stereocenters. The lowest BCUT2D eigenvalue weighted by Crippen LogP contribution is -2.17. The van der Waals surface area contributed by atoms with Crippen molar-refractivity contribution in [3.63, 3.8) is 0 Å². The second kappa shape index (κ2) is 8.71. The molecule has 3 rings (SSSR count). The minimum Gasteiger partial charge on any atom is -0.307 e. The Labute approximate surface area is 179 Å². The predicted molar refractivity (Wildman–Crippen MR) is 119 cm³/mol. The third kappa shape index (κ3) is 4.88. The van der Waals surface area contributed by atoms with Crippen LogP contribution in [0.3, 0.4) is 0 Å². The molecule has 3 aromatic rings. The maximum Gasteiger partial charge on any atom is 0.282 e. The molecule has 0 radical (unpaired) electrons. The normalized spacial score (nSPS) is 11.3. The Hall–Kier alpha value is -3.13. The highest BCUT2D eigenvalue weighted by atomic mass is 32.2. The van der Waals surface area contributed by atoms with Gasteiger partial charge in [-0.2, -0.15) is 5.10 Å². The van der Waals surface area contributed by atoms with Crippen LogP contribution in [-0.2, 0) is 12.0 Å². The SMILES string of the molecule is CSc1ccc([N+](=O)[O-])c(C(=O)Nc2cc(C(C)(C)C)nn2Cc2ccccc2)c1. The van der Waals surface area contributed by atoms with Gasteiger partial charge >= 0.3 is 0 Å². The number of anilines is 1. The molecule has 1 N–H and O–H groups in total. The van der Waals surface area contributed by atoms with Crippen molar-refractivity contribution in [2.75, 3.05) is 11.6 Å². The Morgan fingerprint density at radius 3 is 2.47 bits per heavy atom. The van der Waals surface area contributed by atoms with Crippen LogP contribution in [0.15, 0.2) is 59.5 Å². The number of nitro groups is 1. The summed E-state index contributed by atoms with van der Waals surface area (Å²) >= 11 is 1.42. The van der Waals surface area contributed by atoms with Crippen LogP contribution in [-0.4, -0.2) is 26.9 Å². The van der Waals surface area contributed by atoms with Crippen molar-refractivity contribution in [2.45, 2.75) is 37.6 Å². The molecular formula is C22H24N4O3S. The molecule has 1 heterocycles. The first kappa shape index (κ1) is 21.6. The Morgan fingerprint density at radius 1 is 1.17 bits per heavy atom. The number of thioether (sulfide) groups is 1. The van der Waals surface area contributed by atoms with E-state index in [1.807, 2.05) is 63.4 Å². The van der Waals surface area contributed by atoms with Gasteiger partial charge in [0, 0.05) is 22.4 Å². The summed E-state index contributed by atoms with van der Waals surface area (Å²) in [6.45, 7) is 6.60. The van der Waals surface area contributed by atoms with E-state index in [9.17, 15) is 14.9 Å². The average Bonchev–Trinajstić information content (AvgIpc) is 3.11. The molecule has 0 bridgehead atoms. The first-order chi connectivity index (χ1) is 14.2. The third-order valence-electron chi connectivity index (χ3n) is 4.61. The number of hydrogen-bond acceptors (Lipinski definition) is 5. The Kier molecular flexibility index (Phi) is 6.26. The zero-order valence-electron chi connectivity index (χ0n) is 17.4. The number of nitrogens with one attached hydrogen (secondary N) is 1. The number of amides is 1. The van der Waals surface area contributed by atoms with Crippen LogP contribution in [0.25, 0.3) is 0 Å². The smallest absolute Gasteiger partial charge is 0.282 e. The minimum absolute atomic E-state index is 0.0246. The van der Waals surface area contributed by atoms with Gasteiger partial charge < -0.3 is 5.32 Å². The van der Waals surface area contributed by atoms with Gasteiger partial charge in [0.25, 0.3) is 11.6 Å². The maximum absolute atomic E-state index is 13.0. The van der Waals surface area contributed by atoms with Gasteiger partial charge in [0.1, 0.15) is 11.4 Å². The summed E-state index contributed by atoms with van der Waals surface area (Å²) < 4.78 is 1.72. The number of carbonyl (C=O) groups is 1. The van der Waals surface area contributed by atoms with Crippen LogP contribution in [0.1, 0.15) is 42.4 Å². The molecule has 1 amide bonds. The summed E-state index contributed by atoms with van der Waals surface area (Å²) in [6.07, 6.45) is 1.85. The van der Waals surface area contributed by atoms with Gasteiger partial charge in [0.05, 0.1) is 17.2 Å². The van der Waals surface area contributed by atoms with Crippen LogP contribution >= 0.6 is 11.8 Å². The molecule has 0 fully saturated rings. The van der Waals surface area contributed by atoms with Crippen LogP contribution in [0.5, 0.6) is 0 Å². The molecule has 0 saturated heterocycles. The summed E-state index contributed by atoms with van der Waals surface area (Å²) in [6, 6.07) is 16.2. The molecular weight excluding hydrogens is 400 g/mol. The van der Waals surface area contributed by atoms with Crippen LogP contribution in [0.2, 0.25) is 0 Å². The Balaban J connectivity index is 1.98. The Morgan fingerprint density at radius 2 is 1.87 bits per heavy atom. The average molecular weight is 425 g/mol. The number of nitro benzene ring substituents is 1. The highest BCUT2D eigenvalue weighted by Gasteiger charge is 2.24. The fourth-order valence-corrected chi connectivity index (χ4v) is 3.37. The van der Waals surface area contributed by atoms with Crippen LogP contribution in [0, 0.1) is 10.1 Å². The fourth-order valence-electron chi connectivity index (χ4n) is 2.93. The lowest BCUT2D eigenvalue weighted by atomic mass is 9.92. The maximum atomic E-state index is 13.0. The number of benzene rings is 2. The van der Waals surface area contributed by atoms with Crippen molar-refractivity contribution in [3.05, 3.63) is 81.5 Å². The lowest BCUT2D eigenvalue weighted by molar-refractivity contribution is -0.385. The van der Waals surface area contributed by atoms with Gasteiger partial charge in [0.15, 0.2) is 0 Å². The zero-order valence-corrected chi connectivity index (χ0v) is 18.2. The van der Waals surface area contributed by atoms with Gasteiger partial charge in [-0.15, -0.1) is 11.8 Å². The number of nitrogens with zero attached hydrogens (tertiary/aromatic N) is 3. The molecule has 7 nitrogen and oxygen atoms in total. The molecule has 0 spiro atoms. The van der Waals surface area contributed by atoms with E-state index in [1.54, 1.807) is 16.8 Å². The monoisotopic (exact) mass is 424 g/mol. The molecule has 30 heavy (non-hydrogen) atoms. The summed E-state index contributed by atoms with van der Waals surface area (Å²) in [5, 5.41) is 18.9. The molecule has 2 aromatic carbocycles. The van der Waals surface area contributed by atoms with Gasteiger partial charge in [-0.25, -0.2) is 4.68 Å². The molecule has 1 aromatic heterocycles. The van der Waals surface area contributed by atoms with Crippen LogP contribution < -0.4 is 5.32 Å². The molecule has 0 saturated carbocycles. The van der Waals surface area contributed by atoms with Crippen molar-refractivity contribution >= 4 is 29.2 Å². The highest BCUT2D eigenvalue weighted by molar-refractivity contribution is 7.98. The van der Waals surface area contributed by atoms with Crippen molar-refractivity contribution in [1.29, 1.82) is 0 Å². The van der Waals surface area contributed by atoms with Crippen molar-refractivity contribution in [1.82, 2.24) is 9.78 Å². The molecule has 156 valence electrons. The number of hydrogen-bond donors (Lipinski definition) is 1. The topological polar surface area (TPSA) is 90.1 Å². The van der Waals surface area contributed by atoms with E-state index in [2.05, 4.69) is 10.4 Å². The molecule has 8 heteroatoms. The Bertz CT molecular complexity index is 1070. The van der Waals surface area contributed by atoms with Gasteiger partial charge in [-0.3, -0.25) is 14.9 Å². The predicted octanol–water partition coefficient (Wildman–Crippen LogP) is 5.11. The third-order valence-corrected chi connectivity index (χ3v) is 5.34. The van der Waals surface area contributed by atoms with Crippen molar-refractivity contribution in [2.24, 2.45) is 0 Å².